The molecule has 0 saturated heterocycles. The summed E-state index contributed by atoms with van der Waals surface area (Å²) < 4.78 is 0. The van der Waals surface area contributed by atoms with Gasteiger partial charge in [0.1, 0.15) is 0 Å². The van der Waals surface area contributed by atoms with Crippen LogP contribution in [-0.2, 0) is 21.7 Å². The highest BCUT2D eigenvalue weighted by atomic mass is 14.8. The first kappa shape index (κ1) is 35.1. The molecule has 0 radical (unpaired) electrons. The standard InChI is InChI=1S/C44H56N2/c1-29(30(2)46-40-37(43(9,10)11)19-16-20-38(40)44(12,13)14)45-39-35(31-21-25-33(26-22-31)41(3,4)5)17-15-18-36(39)32-23-27-34(28-24-32)42(6,7)8/h15-28H,1-14H3. The third-order valence-electron chi connectivity index (χ3n) is 8.89. The maximum absolute atomic E-state index is 5.42. The normalized spacial score (nSPS) is 13.7. The molecule has 4 rings (SSSR count). The monoisotopic (exact) mass is 612 g/mol. The van der Waals surface area contributed by atoms with Crippen molar-refractivity contribution in [2.24, 2.45) is 9.98 Å². The lowest BCUT2D eigenvalue weighted by molar-refractivity contribution is 0.571. The Bertz CT molecular complexity index is 1630. The van der Waals surface area contributed by atoms with Crippen molar-refractivity contribution in [3.05, 3.63) is 107 Å². The number of hydrogen-bond donors (Lipinski definition) is 0. The van der Waals surface area contributed by atoms with Crippen LogP contribution in [-0.4, -0.2) is 11.4 Å². The minimum absolute atomic E-state index is 0.0381. The van der Waals surface area contributed by atoms with Crippen LogP contribution in [0.25, 0.3) is 22.3 Å². The zero-order valence-electron chi connectivity index (χ0n) is 31.0. The Labute approximate surface area is 280 Å². The van der Waals surface area contributed by atoms with E-state index in [1.54, 1.807) is 0 Å². The van der Waals surface area contributed by atoms with E-state index >= 15 is 0 Å². The molecule has 0 saturated carbocycles. The molecule has 242 valence electrons. The topological polar surface area (TPSA) is 24.7 Å². The Kier molecular flexibility index (Phi) is 9.75. The minimum atomic E-state index is -0.0381. The molecule has 0 amide bonds. The third kappa shape index (κ3) is 7.95. The predicted molar refractivity (Wildman–Crippen MR) is 204 cm³/mol. The van der Waals surface area contributed by atoms with E-state index in [2.05, 4.69) is 182 Å². The summed E-state index contributed by atoms with van der Waals surface area (Å²) >= 11 is 0. The lowest BCUT2D eigenvalue weighted by Gasteiger charge is -2.28. The summed E-state index contributed by atoms with van der Waals surface area (Å²) in [5.74, 6) is 0. The van der Waals surface area contributed by atoms with Crippen molar-refractivity contribution >= 4 is 22.8 Å². The highest BCUT2D eigenvalue weighted by Crippen LogP contribution is 2.42. The maximum Gasteiger partial charge on any atom is 0.0790 e. The minimum Gasteiger partial charge on any atom is -0.251 e. The van der Waals surface area contributed by atoms with Crippen LogP contribution in [0.1, 0.15) is 119 Å². The molecule has 0 atom stereocenters. The van der Waals surface area contributed by atoms with Crippen molar-refractivity contribution < 1.29 is 0 Å². The van der Waals surface area contributed by atoms with Crippen LogP contribution in [0.4, 0.5) is 11.4 Å². The molecule has 0 fully saturated rings. The van der Waals surface area contributed by atoms with Gasteiger partial charge >= 0.3 is 0 Å². The second-order valence-corrected chi connectivity index (χ2v) is 17.0. The second-order valence-electron chi connectivity index (χ2n) is 17.0. The number of benzene rings is 4. The van der Waals surface area contributed by atoms with Gasteiger partial charge in [0.2, 0.25) is 0 Å². The van der Waals surface area contributed by atoms with Gasteiger partial charge in [0.05, 0.1) is 22.8 Å². The molecule has 2 heteroatoms. The molecule has 0 spiro atoms. The fraction of sp³-hybridized carbons (Fsp3) is 0.409. The fourth-order valence-electron chi connectivity index (χ4n) is 5.80. The maximum atomic E-state index is 5.42. The van der Waals surface area contributed by atoms with Gasteiger partial charge in [0.15, 0.2) is 0 Å². The molecule has 0 bridgehead atoms. The highest BCUT2D eigenvalue weighted by Gasteiger charge is 2.26. The molecule has 46 heavy (non-hydrogen) atoms. The average Bonchev–Trinajstić information content (AvgIpc) is 2.95. The zero-order chi connectivity index (χ0) is 34.2. The van der Waals surface area contributed by atoms with Gasteiger partial charge in [0, 0.05) is 11.1 Å². The van der Waals surface area contributed by atoms with Crippen LogP contribution in [0.5, 0.6) is 0 Å². The highest BCUT2D eigenvalue weighted by molar-refractivity contribution is 6.41. The second kappa shape index (κ2) is 12.8. The van der Waals surface area contributed by atoms with Gasteiger partial charge in [-0.3, -0.25) is 9.98 Å². The quantitative estimate of drug-likeness (QED) is 0.200. The Balaban J connectivity index is 1.94. The Morgan fingerprint density at radius 3 is 1.04 bits per heavy atom. The van der Waals surface area contributed by atoms with E-state index in [0.717, 1.165) is 45.1 Å². The molecule has 0 aliphatic carbocycles. The number of hydrogen-bond acceptors (Lipinski definition) is 2. The molecular weight excluding hydrogens is 556 g/mol. The summed E-state index contributed by atoms with van der Waals surface area (Å²) in [4.78, 5) is 10.8. The SMILES string of the molecule is CC(=Nc1c(-c2ccc(C(C)(C)C)cc2)cccc1-c1ccc(C(C)(C)C)cc1)C(C)=Nc1c(C(C)(C)C)cccc1C(C)(C)C. The first-order chi connectivity index (χ1) is 21.2. The predicted octanol–water partition coefficient (Wildman–Crippen LogP) is 13.1. The van der Waals surface area contributed by atoms with Crippen LogP contribution in [0.3, 0.4) is 0 Å². The molecule has 4 aromatic rings. The van der Waals surface area contributed by atoms with E-state index in [0.29, 0.717) is 0 Å². The van der Waals surface area contributed by atoms with E-state index in [9.17, 15) is 0 Å². The summed E-state index contributed by atoms with van der Waals surface area (Å²) in [7, 11) is 0. The molecule has 0 unspecified atom stereocenters. The number of rotatable bonds is 5. The van der Waals surface area contributed by atoms with E-state index < -0.39 is 0 Å². The lowest BCUT2D eigenvalue weighted by atomic mass is 9.79. The molecule has 0 aliphatic rings. The molecule has 0 heterocycles. The molecule has 0 aromatic heterocycles. The average molecular weight is 613 g/mol. The van der Waals surface area contributed by atoms with E-state index in [-0.39, 0.29) is 21.7 Å². The van der Waals surface area contributed by atoms with E-state index in [1.165, 1.54) is 22.3 Å². The van der Waals surface area contributed by atoms with Crippen LogP contribution in [0.15, 0.2) is 94.9 Å². The molecule has 2 nitrogen and oxygen atoms in total. The summed E-state index contributed by atoms with van der Waals surface area (Å²) in [5.41, 5.74) is 13.7. The van der Waals surface area contributed by atoms with Crippen LogP contribution >= 0.6 is 0 Å². The third-order valence-corrected chi connectivity index (χ3v) is 8.89. The van der Waals surface area contributed by atoms with Gasteiger partial charge in [-0.2, -0.15) is 0 Å². The van der Waals surface area contributed by atoms with Crippen molar-refractivity contribution in [1.82, 2.24) is 0 Å². The van der Waals surface area contributed by atoms with Crippen molar-refractivity contribution in [3.8, 4) is 22.3 Å². The van der Waals surface area contributed by atoms with Gasteiger partial charge < -0.3 is 0 Å². The molecule has 0 aliphatic heterocycles. The largest absolute Gasteiger partial charge is 0.251 e. The Morgan fingerprint density at radius 1 is 0.391 bits per heavy atom. The van der Waals surface area contributed by atoms with Crippen molar-refractivity contribution in [2.45, 2.75) is 119 Å². The van der Waals surface area contributed by atoms with E-state index in [1.807, 2.05) is 0 Å². The van der Waals surface area contributed by atoms with Gasteiger partial charge in [-0.05, 0) is 68.9 Å². The number of aliphatic imine (C=N–C) groups is 2. The van der Waals surface area contributed by atoms with Crippen molar-refractivity contribution in [2.75, 3.05) is 0 Å². The molecule has 0 N–H and O–H groups in total. The smallest absolute Gasteiger partial charge is 0.0790 e. The molecular formula is C44H56N2. The van der Waals surface area contributed by atoms with Gasteiger partial charge in [0.25, 0.3) is 0 Å². The summed E-state index contributed by atoms with van der Waals surface area (Å²) in [5, 5.41) is 0. The number of para-hydroxylation sites is 2. The van der Waals surface area contributed by atoms with Crippen LogP contribution in [0, 0.1) is 0 Å². The zero-order valence-corrected chi connectivity index (χ0v) is 31.0. The Hall–Kier alpha value is -3.78. The fourth-order valence-corrected chi connectivity index (χ4v) is 5.80. The summed E-state index contributed by atoms with van der Waals surface area (Å²) in [6.45, 7) is 31.3. The van der Waals surface area contributed by atoms with Crippen molar-refractivity contribution in [3.63, 3.8) is 0 Å². The first-order valence-electron chi connectivity index (χ1n) is 16.8. The Morgan fingerprint density at radius 2 is 0.717 bits per heavy atom. The first-order valence-corrected chi connectivity index (χ1v) is 16.8. The van der Waals surface area contributed by atoms with Crippen molar-refractivity contribution in [1.29, 1.82) is 0 Å². The molecule has 4 aromatic carbocycles. The van der Waals surface area contributed by atoms with Gasteiger partial charge in [-0.1, -0.05) is 168 Å². The number of nitrogens with zero attached hydrogens (tertiary/aromatic N) is 2. The summed E-state index contributed by atoms with van der Waals surface area (Å²) in [6.07, 6.45) is 0. The van der Waals surface area contributed by atoms with Gasteiger partial charge in [-0.15, -0.1) is 0 Å². The van der Waals surface area contributed by atoms with Crippen LogP contribution in [0.2, 0.25) is 0 Å². The van der Waals surface area contributed by atoms with Crippen LogP contribution < -0.4 is 0 Å². The lowest BCUT2D eigenvalue weighted by Crippen LogP contribution is -2.18. The summed E-state index contributed by atoms with van der Waals surface area (Å²) in [6, 6.07) is 31.2. The van der Waals surface area contributed by atoms with E-state index in [4.69, 9.17) is 9.98 Å². The van der Waals surface area contributed by atoms with Gasteiger partial charge in [-0.25, -0.2) is 0 Å².